The fourth-order valence-electron chi connectivity index (χ4n) is 1.09. The molecule has 0 aromatic carbocycles. The smallest absolute Gasteiger partial charge is 0.328 e. The number of aliphatic carboxylic acids is 1. The fraction of sp³-hybridized carbons (Fsp3) is 0.222. The third-order valence-corrected chi connectivity index (χ3v) is 1.67. The highest BCUT2D eigenvalue weighted by molar-refractivity contribution is 5.80. The van der Waals surface area contributed by atoms with E-state index in [4.69, 9.17) is 5.11 Å². The van der Waals surface area contributed by atoms with Gasteiger partial charge in [-0.05, 0) is 12.5 Å². The Bertz CT molecular complexity index is 509. The number of nitrogens with one attached hydrogen (secondary N) is 1. The zero-order valence-corrected chi connectivity index (χ0v) is 8.06. The maximum Gasteiger partial charge on any atom is 0.328 e. The van der Waals surface area contributed by atoms with E-state index in [0.717, 1.165) is 22.9 Å². The summed E-state index contributed by atoms with van der Waals surface area (Å²) in [5, 5.41) is 10.7. The lowest BCUT2D eigenvalue weighted by molar-refractivity contribution is -0.131. The van der Waals surface area contributed by atoms with E-state index in [-0.39, 0.29) is 12.1 Å². The molecule has 0 aliphatic rings. The van der Waals surface area contributed by atoms with Crippen LogP contribution in [0.1, 0.15) is 6.92 Å². The lowest BCUT2D eigenvalue weighted by Gasteiger charge is -2.03. The summed E-state index contributed by atoms with van der Waals surface area (Å²) < 4.78 is 1.05. The monoisotopic (exact) mass is 210 g/mol. The van der Waals surface area contributed by atoms with E-state index < -0.39 is 11.5 Å². The molecule has 0 aliphatic heterocycles. The molecule has 15 heavy (non-hydrogen) atoms. The van der Waals surface area contributed by atoms with Gasteiger partial charge < -0.3 is 5.11 Å². The molecule has 1 rings (SSSR count). The maximum atomic E-state index is 11.2. The van der Waals surface area contributed by atoms with Gasteiger partial charge >= 0.3 is 5.97 Å². The Morgan fingerprint density at radius 3 is 2.80 bits per heavy atom. The second-order valence-electron chi connectivity index (χ2n) is 3.06. The van der Waals surface area contributed by atoms with Gasteiger partial charge in [0.15, 0.2) is 0 Å². The molecule has 0 atom stereocenters. The Hall–Kier alpha value is -2.11. The van der Waals surface area contributed by atoms with Crippen LogP contribution < -0.4 is 11.1 Å². The van der Waals surface area contributed by atoms with Gasteiger partial charge in [-0.25, -0.2) is 9.48 Å². The number of rotatable bonds is 3. The van der Waals surface area contributed by atoms with Crippen molar-refractivity contribution in [1.82, 2.24) is 9.78 Å². The molecule has 2 N–H and O–H groups in total. The number of H-pyrrole nitrogens is 1. The third-order valence-electron chi connectivity index (χ3n) is 1.67. The number of carbonyl (C=O) groups is 1. The highest BCUT2D eigenvalue weighted by atomic mass is 16.4. The summed E-state index contributed by atoms with van der Waals surface area (Å²) in [4.78, 5) is 32.4. The Morgan fingerprint density at radius 1 is 1.53 bits per heavy atom. The molecule has 6 heteroatoms. The van der Waals surface area contributed by atoms with Gasteiger partial charge in [-0.1, -0.05) is 0 Å². The Labute approximate surface area is 84.5 Å². The predicted octanol–water partition coefficient (Wildman–Crippen LogP) is -0.432. The molecule has 0 saturated carbocycles. The molecule has 6 nitrogen and oxygen atoms in total. The van der Waals surface area contributed by atoms with Crippen molar-refractivity contribution in [3.63, 3.8) is 0 Å². The molecule has 0 radical (unpaired) electrons. The molecule has 0 bridgehead atoms. The number of hydrogen-bond acceptors (Lipinski definition) is 3. The van der Waals surface area contributed by atoms with Gasteiger partial charge in [-0.3, -0.25) is 14.7 Å². The minimum Gasteiger partial charge on any atom is -0.478 e. The van der Waals surface area contributed by atoms with Crippen molar-refractivity contribution >= 4 is 5.97 Å². The number of aromatic amines is 1. The summed E-state index contributed by atoms with van der Waals surface area (Å²) in [6, 6.07) is 2.25. The number of aromatic nitrogens is 2. The predicted molar refractivity (Wildman–Crippen MR) is 52.7 cm³/mol. The van der Waals surface area contributed by atoms with Gasteiger partial charge in [-0.2, -0.15) is 0 Å². The maximum absolute atomic E-state index is 11.2. The van der Waals surface area contributed by atoms with E-state index >= 15 is 0 Å². The fourth-order valence-corrected chi connectivity index (χ4v) is 1.09. The summed E-state index contributed by atoms with van der Waals surface area (Å²) in [6.45, 7) is 1.62. The Morgan fingerprint density at radius 2 is 2.20 bits per heavy atom. The average Bonchev–Trinajstić information content (AvgIpc) is 2.10. The van der Waals surface area contributed by atoms with Crippen LogP contribution in [0.3, 0.4) is 0 Å². The van der Waals surface area contributed by atoms with Crippen LogP contribution in [0.15, 0.2) is 33.4 Å². The first-order valence-corrected chi connectivity index (χ1v) is 4.19. The molecule has 0 amide bonds. The Balaban J connectivity index is 3.00. The number of nitrogens with zero attached hydrogens (tertiary/aromatic N) is 1. The number of carboxylic acid groups (broad SMARTS) is 1. The van der Waals surface area contributed by atoms with Crippen LogP contribution >= 0.6 is 0 Å². The summed E-state index contributed by atoms with van der Waals surface area (Å²) in [6.07, 6.45) is 0.984. The van der Waals surface area contributed by atoms with Crippen molar-refractivity contribution < 1.29 is 9.90 Å². The zero-order chi connectivity index (χ0) is 11.4. The Kier molecular flexibility index (Phi) is 3.22. The first-order chi connectivity index (χ1) is 6.99. The van der Waals surface area contributed by atoms with Gasteiger partial charge in [0.1, 0.15) is 0 Å². The average molecular weight is 210 g/mol. The zero-order valence-electron chi connectivity index (χ0n) is 8.06. The van der Waals surface area contributed by atoms with Crippen LogP contribution in [-0.4, -0.2) is 20.9 Å². The normalized spacial score (nSPS) is 11.4. The van der Waals surface area contributed by atoms with E-state index in [1.54, 1.807) is 6.92 Å². The number of allylic oxidation sites excluding steroid dienone is 1. The van der Waals surface area contributed by atoms with Gasteiger partial charge in [0, 0.05) is 18.2 Å². The minimum atomic E-state index is -1.08. The molecule has 0 saturated heterocycles. The topological polar surface area (TPSA) is 92.2 Å². The summed E-state index contributed by atoms with van der Waals surface area (Å²) in [7, 11) is 0. The van der Waals surface area contributed by atoms with Crippen molar-refractivity contribution in [1.29, 1.82) is 0 Å². The highest BCUT2D eigenvalue weighted by Gasteiger charge is 1.99. The lowest BCUT2D eigenvalue weighted by atomic mass is 10.3. The summed E-state index contributed by atoms with van der Waals surface area (Å²) in [5.41, 5.74) is -0.322. The van der Waals surface area contributed by atoms with Crippen LogP contribution in [-0.2, 0) is 11.3 Å². The SMILES string of the molecule is C/C(=C/C(=O)O)Cn1[nH]c(=O)ccc1=O. The van der Waals surface area contributed by atoms with Crippen LogP contribution in [0.2, 0.25) is 0 Å². The highest BCUT2D eigenvalue weighted by Crippen LogP contribution is 1.93. The summed E-state index contributed by atoms with van der Waals surface area (Å²) in [5.74, 6) is -1.08. The van der Waals surface area contributed by atoms with Crippen molar-refractivity contribution in [3.8, 4) is 0 Å². The second-order valence-corrected chi connectivity index (χ2v) is 3.06. The lowest BCUT2D eigenvalue weighted by Crippen LogP contribution is -2.28. The van der Waals surface area contributed by atoms with Crippen LogP contribution in [0.5, 0.6) is 0 Å². The van der Waals surface area contributed by atoms with E-state index in [9.17, 15) is 14.4 Å². The van der Waals surface area contributed by atoms with Gasteiger partial charge in [0.05, 0.1) is 6.54 Å². The van der Waals surface area contributed by atoms with Crippen molar-refractivity contribution in [2.45, 2.75) is 13.5 Å². The minimum absolute atomic E-state index is 0.0568. The van der Waals surface area contributed by atoms with Crippen molar-refractivity contribution in [3.05, 3.63) is 44.5 Å². The molecule has 0 fully saturated rings. The number of carboxylic acids is 1. The van der Waals surface area contributed by atoms with E-state index in [1.165, 1.54) is 0 Å². The largest absolute Gasteiger partial charge is 0.478 e. The van der Waals surface area contributed by atoms with E-state index in [0.29, 0.717) is 5.57 Å². The van der Waals surface area contributed by atoms with Crippen LogP contribution in [0.4, 0.5) is 0 Å². The molecule has 0 spiro atoms. The molecule has 1 aromatic heterocycles. The van der Waals surface area contributed by atoms with Crippen LogP contribution in [0, 0.1) is 0 Å². The quantitative estimate of drug-likeness (QED) is 0.662. The molecule has 1 aromatic rings. The van der Waals surface area contributed by atoms with Crippen molar-refractivity contribution in [2.75, 3.05) is 0 Å². The third kappa shape index (κ3) is 3.26. The van der Waals surface area contributed by atoms with Crippen LogP contribution in [0.25, 0.3) is 0 Å². The van der Waals surface area contributed by atoms with E-state index in [1.807, 2.05) is 0 Å². The standard InChI is InChI=1S/C9H10N2O4/c1-6(4-9(14)15)5-11-8(13)3-2-7(12)10-11/h2-4H,5H2,1H3,(H,10,12)(H,14,15)/b6-4-. The molecule has 80 valence electrons. The van der Waals surface area contributed by atoms with Gasteiger partial charge in [0.25, 0.3) is 11.1 Å². The van der Waals surface area contributed by atoms with Gasteiger partial charge in [-0.15, -0.1) is 0 Å². The second kappa shape index (κ2) is 4.41. The first kappa shape index (κ1) is 11.0. The molecule has 0 aliphatic carbocycles. The summed E-state index contributed by atoms with van der Waals surface area (Å²) >= 11 is 0. The van der Waals surface area contributed by atoms with Crippen molar-refractivity contribution in [2.24, 2.45) is 0 Å². The molecule has 0 unspecified atom stereocenters. The molecule has 1 heterocycles. The van der Waals surface area contributed by atoms with E-state index in [2.05, 4.69) is 5.10 Å². The molecular weight excluding hydrogens is 200 g/mol. The number of hydrogen-bond donors (Lipinski definition) is 2. The molecular formula is C9H10N2O4. The van der Waals surface area contributed by atoms with Gasteiger partial charge in [0.2, 0.25) is 0 Å². The first-order valence-electron chi connectivity index (χ1n) is 4.19.